The minimum atomic E-state index is 0.549. The molecule has 2 aromatic carbocycles. The first kappa shape index (κ1) is 13.5. The summed E-state index contributed by atoms with van der Waals surface area (Å²) in [4.78, 5) is 2.04. The van der Waals surface area contributed by atoms with Crippen LogP contribution in [0.4, 0.5) is 0 Å². The normalized spacial score (nSPS) is 9.95. The van der Waals surface area contributed by atoms with E-state index >= 15 is 0 Å². The lowest BCUT2D eigenvalue weighted by Crippen LogP contribution is -2.42. The molecule has 3 N–H and O–H groups in total. The van der Waals surface area contributed by atoms with E-state index < -0.39 is 0 Å². The highest BCUT2D eigenvalue weighted by Gasteiger charge is 2.09. The average Bonchev–Trinajstić information content (AvgIpc) is 2.48. The van der Waals surface area contributed by atoms with Crippen molar-refractivity contribution in [1.82, 2.24) is 10.3 Å². The SMILES string of the molecule is NNC(=S)N(Cc1ccccc1)Cc1ccccc1. The molecule has 0 aliphatic heterocycles. The van der Waals surface area contributed by atoms with Crippen LogP contribution in [-0.4, -0.2) is 10.0 Å². The summed E-state index contributed by atoms with van der Waals surface area (Å²) in [6, 6.07) is 20.4. The molecule has 0 unspecified atom stereocenters. The Morgan fingerprint density at radius 3 is 1.68 bits per heavy atom. The molecule has 3 nitrogen and oxygen atoms in total. The second-order valence-corrected chi connectivity index (χ2v) is 4.66. The van der Waals surface area contributed by atoms with E-state index in [-0.39, 0.29) is 0 Å². The number of hydrogen-bond acceptors (Lipinski definition) is 2. The van der Waals surface area contributed by atoms with E-state index in [0.717, 1.165) is 13.1 Å². The van der Waals surface area contributed by atoms with Gasteiger partial charge >= 0.3 is 0 Å². The molecule has 0 saturated carbocycles. The van der Waals surface area contributed by atoms with Gasteiger partial charge in [-0.05, 0) is 23.3 Å². The molecule has 0 amide bonds. The van der Waals surface area contributed by atoms with Crippen molar-refractivity contribution < 1.29 is 0 Å². The second kappa shape index (κ2) is 6.87. The van der Waals surface area contributed by atoms with Crippen molar-refractivity contribution in [2.24, 2.45) is 5.84 Å². The first-order chi connectivity index (χ1) is 9.29. The van der Waals surface area contributed by atoms with Gasteiger partial charge in [0.05, 0.1) is 0 Å². The molecule has 0 bridgehead atoms. The van der Waals surface area contributed by atoms with Gasteiger partial charge in [0.1, 0.15) is 0 Å². The minimum Gasteiger partial charge on any atom is -0.340 e. The fourth-order valence-corrected chi connectivity index (χ4v) is 2.03. The van der Waals surface area contributed by atoms with Crippen LogP contribution in [0.1, 0.15) is 11.1 Å². The van der Waals surface area contributed by atoms with Crippen LogP contribution >= 0.6 is 12.2 Å². The Labute approximate surface area is 119 Å². The molecule has 0 spiro atoms. The number of hydrazine groups is 1. The van der Waals surface area contributed by atoms with Gasteiger partial charge in [-0.1, -0.05) is 60.7 Å². The van der Waals surface area contributed by atoms with Crippen LogP contribution in [0.5, 0.6) is 0 Å². The van der Waals surface area contributed by atoms with Crippen molar-refractivity contribution in [3.63, 3.8) is 0 Å². The van der Waals surface area contributed by atoms with Gasteiger partial charge in [0, 0.05) is 13.1 Å². The third-order valence-corrected chi connectivity index (χ3v) is 3.22. The fraction of sp³-hybridized carbons (Fsp3) is 0.133. The first-order valence-electron chi connectivity index (χ1n) is 6.13. The number of nitrogens with two attached hydrogens (primary N) is 1. The number of rotatable bonds is 4. The van der Waals surface area contributed by atoms with Gasteiger partial charge in [0.25, 0.3) is 0 Å². The smallest absolute Gasteiger partial charge is 0.183 e. The van der Waals surface area contributed by atoms with E-state index in [4.69, 9.17) is 18.1 Å². The van der Waals surface area contributed by atoms with Gasteiger partial charge in [-0.2, -0.15) is 0 Å². The molecule has 2 aromatic rings. The zero-order chi connectivity index (χ0) is 13.5. The Bertz CT molecular complexity index is 472. The number of hydrogen-bond donors (Lipinski definition) is 2. The lowest BCUT2D eigenvalue weighted by molar-refractivity contribution is 0.400. The largest absolute Gasteiger partial charge is 0.340 e. The van der Waals surface area contributed by atoms with Crippen LogP contribution < -0.4 is 11.3 Å². The molecule has 0 aliphatic carbocycles. The molecule has 19 heavy (non-hydrogen) atoms. The number of thiocarbonyl (C=S) groups is 1. The molecule has 2 rings (SSSR count). The summed E-state index contributed by atoms with van der Waals surface area (Å²) in [5.41, 5.74) is 4.97. The standard InChI is InChI=1S/C15H17N3S/c16-17-15(19)18(11-13-7-3-1-4-8-13)12-14-9-5-2-6-10-14/h1-10H,11-12,16H2,(H,17,19). The van der Waals surface area contributed by atoms with Gasteiger partial charge < -0.3 is 10.3 Å². The maximum absolute atomic E-state index is 5.45. The molecule has 0 atom stereocenters. The Kier molecular flexibility index (Phi) is 4.89. The predicted molar refractivity (Wildman–Crippen MR) is 82.1 cm³/mol. The molecular formula is C15H17N3S. The summed E-state index contributed by atoms with van der Waals surface area (Å²) in [6.07, 6.45) is 0. The van der Waals surface area contributed by atoms with Crippen molar-refractivity contribution >= 4 is 17.3 Å². The second-order valence-electron chi connectivity index (χ2n) is 4.28. The van der Waals surface area contributed by atoms with E-state index in [0.29, 0.717) is 5.11 Å². The van der Waals surface area contributed by atoms with Crippen molar-refractivity contribution in [2.45, 2.75) is 13.1 Å². The zero-order valence-electron chi connectivity index (χ0n) is 10.6. The van der Waals surface area contributed by atoms with Crippen LogP contribution in [0.2, 0.25) is 0 Å². The Morgan fingerprint density at radius 1 is 0.895 bits per heavy atom. The summed E-state index contributed by atoms with van der Waals surface area (Å²) < 4.78 is 0. The summed E-state index contributed by atoms with van der Waals surface area (Å²) in [6.45, 7) is 1.47. The molecule has 0 fully saturated rings. The van der Waals surface area contributed by atoms with Gasteiger partial charge in [-0.3, -0.25) is 0 Å². The molecule has 0 aromatic heterocycles. The Morgan fingerprint density at radius 2 is 1.32 bits per heavy atom. The van der Waals surface area contributed by atoms with Crippen LogP contribution in [0.3, 0.4) is 0 Å². The number of benzene rings is 2. The topological polar surface area (TPSA) is 41.3 Å². The fourth-order valence-electron chi connectivity index (χ4n) is 1.90. The number of nitrogens with zero attached hydrogens (tertiary/aromatic N) is 1. The maximum Gasteiger partial charge on any atom is 0.183 e. The average molecular weight is 271 g/mol. The van der Waals surface area contributed by atoms with Crippen LogP contribution in [0, 0.1) is 0 Å². The van der Waals surface area contributed by atoms with Gasteiger partial charge in [0.15, 0.2) is 5.11 Å². The zero-order valence-corrected chi connectivity index (χ0v) is 11.4. The van der Waals surface area contributed by atoms with Crippen molar-refractivity contribution in [1.29, 1.82) is 0 Å². The van der Waals surface area contributed by atoms with Crippen molar-refractivity contribution in [3.05, 3.63) is 71.8 Å². The molecule has 0 heterocycles. The molecule has 0 radical (unpaired) electrons. The summed E-state index contributed by atoms with van der Waals surface area (Å²) in [5, 5.41) is 0.549. The number of nitrogens with one attached hydrogen (secondary N) is 1. The summed E-state index contributed by atoms with van der Waals surface area (Å²) in [7, 11) is 0. The van der Waals surface area contributed by atoms with E-state index in [9.17, 15) is 0 Å². The van der Waals surface area contributed by atoms with Crippen LogP contribution in [0.15, 0.2) is 60.7 Å². The molecule has 4 heteroatoms. The highest BCUT2D eigenvalue weighted by Crippen LogP contribution is 2.10. The molecule has 0 saturated heterocycles. The Hall–Kier alpha value is -1.91. The quantitative estimate of drug-likeness (QED) is 0.509. The highest BCUT2D eigenvalue weighted by molar-refractivity contribution is 7.80. The first-order valence-corrected chi connectivity index (χ1v) is 6.54. The monoisotopic (exact) mass is 271 g/mol. The van der Waals surface area contributed by atoms with Crippen LogP contribution in [0.25, 0.3) is 0 Å². The highest BCUT2D eigenvalue weighted by atomic mass is 32.1. The summed E-state index contributed by atoms with van der Waals surface area (Å²) in [5.74, 6) is 5.45. The Balaban J connectivity index is 2.10. The third-order valence-electron chi connectivity index (χ3n) is 2.84. The van der Waals surface area contributed by atoms with Gasteiger partial charge in [-0.15, -0.1) is 0 Å². The molecule has 98 valence electrons. The van der Waals surface area contributed by atoms with Gasteiger partial charge in [-0.25, -0.2) is 5.84 Å². The van der Waals surface area contributed by atoms with Crippen molar-refractivity contribution in [2.75, 3.05) is 0 Å². The molecular weight excluding hydrogens is 254 g/mol. The van der Waals surface area contributed by atoms with Gasteiger partial charge in [0.2, 0.25) is 0 Å². The predicted octanol–water partition coefficient (Wildman–Crippen LogP) is 2.44. The van der Waals surface area contributed by atoms with Crippen molar-refractivity contribution in [3.8, 4) is 0 Å². The van der Waals surface area contributed by atoms with E-state index in [2.05, 4.69) is 29.7 Å². The minimum absolute atomic E-state index is 0.549. The van der Waals surface area contributed by atoms with Crippen LogP contribution in [-0.2, 0) is 13.1 Å². The van der Waals surface area contributed by atoms with E-state index in [1.807, 2.05) is 41.3 Å². The lowest BCUT2D eigenvalue weighted by atomic mass is 10.2. The maximum atomic E-state index is 5.45. The summed E-state index contributed by atoms with van der Waals surface area (Å²) >= 11 is 5.26. The molecule has 0 aliphatic rings. The third kappa shape index (κ3) is 4.05. The van der Waals surface area contributed by atoms with E-state index in [1.54, 1.807) is 0 Å². The van der Waals surface area contributed by atoms with E-state index in [1.165, 1.54) is 11.1 Å². The lowest BCUT2D eigenvalue weighted by Gasteiger charge is -2.24.